The number of carbonyl (C=O) groups is 1. The number of para-hydroxylation sites is 1. The Bertz CT molecular complexity index is 1190. The van der Waals surface area contributed by atoms with Crippen molar-refractivity contribution in [3.05, 3.63) is 90.0 Å². The van der Waals surface area contributed by atoms with Gasteiger partial charge in [-0.15, -0.1) is 0 Å². The number of aromatic nitrogens is 1. The zero-order chi connectivity index (χ0) is 21.6. The van der Waals surface area contributed by atoms with Crippen molar-refractivity contribution in [1.29, 1.82) is 0 Å². The molecule has 0 saturated carbocycles. The van der Waals surface area contributed by atoms with Crippen molar-refractivity contribution in [2.75, 3.05) is 20.8 Å². The molecule has 0 aliphatic carbocycles. The second-order valence-corrected chi connectivity index (χ2v) is 7.15. The van der Waals surface area contributed by atoms with Gasteiger partial charge in [-0.1, -0.05) is 30.3 Å². The Morgan fingerprint density at radius 2 is 1.52 bits per heavy atom. The predicted octanol–water partition coefficient (Wildman–Crippen LogP) is 4.89. The predicted molar refractivity (Wildman–Crippen MR) is 123 cm³/mol. The maximum Gasteiger partial charge on any atom is 0.252 e. The van der Waals surface area contributed by atoms with Crippen molar-refractivity contribution in [3.63, 3.8) is 0 Å². The van der Waals surface area contributed by atoms with Crippen LogP contribution >= 0.6 is 0 Å². The average Bonchev–Trinajstić information content (AvgIpc) is 2.83. The number of benzene rings is 3. The maximum absolute atomic E-state index is 13.1. The molecular weight excluding hydrogens is 388 g/mol. The van der Waals surface area contributed by atoms with E-state index in [9.17, 15) is 4.79 Å². The van der Waals surface area contributed by atoms with Crippen LogP contribution in [0.1, 0.15) is 15.9 Å². The lowest BCUT2D eigenvalue weighted by atomic mass is 10.0. The van der Waals surface area contributed by atoms with Gasteiger partial charge in [0.15, 0.2) is 0 Å². The molecule has 0 fully saturated rings. The maximum atomic E-state index is 13.1. The second kappa shape index (κ2) is 9.30. The zero-order valence-electron chi connectivity index (χ0n) is 17.6. The van der Waals surface area contributed by atoms with Gasteiger partial charge >= 0.3 is 0 Å². The molecule has 0 atom stereocenters. The number of nitrogens with one attached hydrogen (secondary N) is 1. The van der Waals surface area contributed by atoms with Gasteiger partial charge < -0.3 is 14.8 Å². The Morgan fingerprint density at radius 1 is 0.871 bits per heavy atom. The second-order valence-electron chi connectivity index (χ2n) is 7.15. The van der Waals surface area contributed by atoms with E-state index in [1.807, 2.05) is 78.9 Å². The highest BCUT2D eigenvalue weighted by atomic mass is 16.5. The molecule has 0 spiro atoms. The van der Waals surface area contributed by atoms with E-state index in [4.69, 9.17) is 14.5 Å². The molecular formula is C26H24N2O3. The molecule has 1 heterocycles. The fraction of sp³-hybridized carbons (Fsp3) is 0.154. The van der Waals surface area contributed by atoms with E-state index in [0.717, 1.165) is 45.6 Å². The van der Waals surface area contributed by atoms with E-state index in [2.05, 4.69) is 5.32 Å². The Morgan fingerprint density at radius 3 is 2.19 bits per heavy atom. The van der Waals surface area contributed by atoms with Crippen molar-refractivity contribution in [2.24, 2.45) is 0 Å². The number of amides is 1. The SMILES string of the molecule is COc1ccc(CCNC(=O)c2cc(-c3ccc(OC)cc3)nc3ccccc23)cc1. The molecule has 0 radical (unpaired) electrons. The van der Waals surface area contributed by atoms with Crippen LogP contribution in [0.25, 0.3) is 22.2 Å². The van der Waals surface area contributed by atoms with E-state index < -0.39 is 0 Å². The third kappa shape index (κ3) is 4.67. The van der Waals surface area contributed by atoms with Crippen molar-refractivity contribution < 1.29 is 14.3 Å². The molecule has 156 valence electrons. The number of hydrogen-bond donors (Lipinski definition) is 1. The van der Waals surface area contributed by atoms with E-state index in [1.165, 1.54) is 0 Å². The van der Waals surface area contributed by atoms with E-state index in [1.54, 1.807) is 14.2 Å². The zero-order valence-corrected chi connectivity index (χ0v) is 17.6. The van der Waals surface area contributed by atoms with Crippen LogP contribution in [0.15, 0.2) is 78.9 Å². The largest absolute Gasteiger partial charge is 0.497 e. The number of pyridine rings is 1. The summed E-state index contributed by atoms with van der Waals surface area (Å²) in [5, 5.41) is 3.88. The number of ether oxygens (including phenoxy) is 2. The van der Waals surface area contributed by atoms with Gasteiger partial charge in [0, 0.05) is 17.5 Å². The summed E-state index contributed by atoms with van der Waals surface area (Å²) in [7, 11) is 3.28. The van der Waals surface area contributed by atoms with Crippen LogP contribution < -0.4 is 14.8 Å². The topological polar surface area (TPSA) is 60.5 Å². The molecule has 4 aromatic rings. The Labute approximate surface area is 181 Å². The minimum Gasteiger partial charge on any atom is -0.497 e. The molecule has 31 heavy (non-hydrogen) atoms. The normalized spacial score (nSPS) is 10.6. The van der Waals surface area contributed by atoms with E-state index in [-0.39, 0.29) is 5.91 Å². The molecule has 1 N–H and O–H groups in total. The summed E-state index contributed by atoms with van der Waals surface area (Å²) >= 11 is 0. The highest BCUT2D eigenvalue weighted by Gasteiger charge is 2.14. The molecule has 0 saturated heterocycles. The molecule has 5 nitrogen and oxygen atoms in total. The van der Waals surface area contributed by atoms with Crippen LogP contribution in [0.4, 0.5) is 0 Å². The smallest absolute Gasteiger partial charge is 0.252 e. The first-order valence-corrected chi connectivity index (χ1v) is 10.1. The van der Waals surface area contributed by atoms with Crippen LogP contribution in [-0.2, 0) is 6.42 Å². The van der Waals surface area contributed by atoms with Gasteiger partial charge in [-0.05, 0) is 60.5 Å². The first kappa shape index (κ1) is 20.4. The molecule has 3 aromatic carbocycles. The molecule has 1 aromatic heterocycles. The quantitative estimate of drug-likeness (QED) is 0.469. The summed E-state index contributed by atoms with van der Waals surface area (Å²) in [6.07, 6.45) is 0.740. The summed E-state index contributed by atoms with van der Waals surface area (Å²) in [5.41, 5.74) is 4.22. The van der Waals surface area contributed by atoms with Gasteiger partial charge in [-0.2, -0.15) is 0 Å². The minimum absolute atomic E-state index is 0.109. The molecule has 0 unspecified atom stereocenters. The van der Waals surface area contributed by atoms with E-state index >= 15 is 0 Å². The first-order chi connectivity index (χ1) is 15.2. The standard InChI is InChI=1S/C26H24N2O3/c1-30-20-11-7-18(8-12-20)15-16-27-26(29)23-17-25(19-9-13-21(31-2)14-10-19)28-24-6-4-3-5-22(23)24/h3-14,17H,15-16H2,1-2H3,(H,27,29). The van der Waals surface area contributed by atoms with Crippen molar-refractivity contribution >= 4 is 16.8 Å². The summed E-state index contributed by atoms with van der Waals surface area (Å²) in [6.45, 7) is 0.541. The van der Waals surface area contributed by atoms with E-state index in [0.29, 0.717) is 12.1 Å². The van der Waals surface area contributed by atoms with Crippen LogP contribution in [0.2, 0.25) is 0 Å². The lowest BCUT2D eigenvalue weighted by Crippen LogP contribution is -2.26. The van der Waals surface area contributed by atoms with Gasteiger partial charge in [0.25, 0.3) is 5.91 Å². The van der Waals surface area contributed by atoms with Gasteiger partial charge in [-0.3, -0.25) is 4.79 Å². The van der Waals surface area contributed by atoms with Gasteiger partial charge in [0.2, 0.25) is 0 Å². The van der Waals surface area contributed by atoms with Crippen LogP contribution in [-0.4, -0.2) is 31.7 Å². The Hall–Kier alpha value is -3.86. The fourth-order valence-corrected chi connectivity index (χ4v) is 3.48. The molecule has 1 amide bonds. The molecule has 0 aliphatic heterocycles. The van der Waals surface area contributed by atoms with Gasteiger partial charge in [-0.25, -0.2) is 4.98 Å². The number of hydrogen-bond acceptors (Lipinski definition) is 4. The van der Waals surface area contributed by atoms with Crippen molar-refractivity contribution in [1.82, 2.24) is 10.3 Å². The lowest BCUT2D eigenvalue weighted by molar-refractivity contribution is 0.0955. The Balaban J connectivity index is 1.56. The average molecular weight is 412 g/mol. The first-order valence-electron chi connectivity index (χ1n) is 10.1. The van der Waals surface area contributed by atoms with Crippen LogP contribution in [0.3, 0.4) is 0 Å². The number of methoxy groups -OCH3 is 2. The third-order valence-electron chi connectivity index (χ3n) is 5.20. The monoisotopic (exact) mass is 412 g/mol. The molecule has 0 aliphatic rings. The van der Waals surface area contributed by atoms with Crippen LogP contribution in [0.5, 0.6) is 11.5 Å². The van der Waals surface area contributed by atoms with Crippen molar-refractivity contribution in [3.8, 4) is 22.8 Å². The number of carbonyl (C=O) groups excluding carboxylic acids is 1. The van der Waals surface area contributed by atoms with Gasteiger partial charge in [0.1, 0.15) is 11.5 Å². The highest BCUT2D eigenvalue weighted by Crippen LogP contribution is 2.26. The summed E-state index contributed by atoms with van der Waals surface area (Å²) in [4.78, 5) is 17.8. The minimum atomic E-state index is -0.109. The van der Waals surface area contributed by atoms with Crippen molar-refractivity contribution in [2.45, 2.75) is 6.42 Å². The lowest BCUT2D eigenvalue weighted by Gasteiger charge is -2.11. The molecule has 0 bridgehead atoms. The highest BCUT2D eigenvalue weighted by molar-refractivity contribution is 6.07. The number of rotatable bonds is 7. The molecule has 5 heteroatoms. The molecule has 4 rings (SSSR count). The fourth-order valence-electron chi connectivity index (χ4n) is 3.48. The summed E-state index contributed by atoms with van der Waals surface area (Å²) < 4.78 is 10.4. The Kier molecular flexibility index (Phi) is 6.13. The van der Waals surface area contributed by atoms with Crippen LogP contribution in [0, 0.1) is 0 Å². The van der Waals surface area contributed by atoms with Gasteiger partial charge in [0.05, 0.1) is 31.0 Å². The number of nitrogens with zero attached hydrogens (tertiary/aromatic N) is 1. The summed E-state index contributed by atoms with van der Waals surface area (Å²) in [5.74, 6) is 1.49. The third-order valence-corrected chi connectivity index (χ3v) is 5.20. The number of fused-ring (bicyclic) bond motifs is 1. The summed E-state index contributed by atoms with van der Waals surface area (Å²) in [6, 6.07) is 25.1.